The monoisotopic (exact) mass is 362 g/mol. The van der Waals surface area contributed by atoms with E-state index < -0.39 is 5.63 Å². The molecular formula is C23H22O4. The maximum Gasteiger partial charge on any atom is 0.336 e. The van der Waals surface area contributed by atoms with Crippen LogP contribution in [-0.4, -0.2) is 5.97 Å². The molecule has 0 aliphatic carbocycles. The smallest absolute Gasteiger partial charge is 0.336 e. The van der Waals surface area contributed by atoms with Crippen molar-refractivity contribution in [2.24, 2.45) is 5.92 Å². The van der Waals surface area contributed by atoms with Gasteiger partial charge >= 0.3 is 11.6 Å². The van der Waals surface area contributed by atoms with E-state index in [4.69, 9.17) is 9.15 Å². The van der Waals surface area contributed by atoms with Crippen molar-refractivity contribution in [2.75, 3.05) is 0 Å². The van der Waals surface area contributed by atoms with E-state index in [1.54, 1.807) is 0 Å². The Morgan fingerprint density at radius 1 is 1.11 bits per heavy atom. The summed E-state index contributed by atoms with van der Waals surface area (Å²) in [6.07, 6.45) is 1.29. The van der Waals surface area contributed by atoms with Gasteiger partial charge in [-0.05, 0) is 42.4 Å². The summed E-state index contributed by atoms with van der Waals surface area (Å²) in [5.74, 6) is 0.895. The molecule has 1 aromatic heterocycles. The lowest BCUT2D eigenvalue weighted by Crippen LogP contribution is -2.22. The summed E-state index contributed by atoms with van der Waals surface area (Å²) >= 11 is 0. The zero-order chi connectivity index (χ0) is 19.1. The average Bonchev–Trinajstić information content (AvgIpc) is 2.60. The van der Waals surface area contributed by atoms with Gasteiger partial charge < -0.3 is 9.15 Å². The van der Waals surface area contributed by atoms with Gasteiger partial charge in [0.15, 0.2) is 0 Å². The van der Waals surface area contributed by atoms with Gasteiger partial charge in [-0.2, -0.15) is 0 Å². The highest BCUT2D eigenvalue weighted by molar-refractivity contribution is 6.01. The third-order valence-electron chi connectivity index (χ3n) is 5.11. The average molecular weight is 362 g/mol. The summed E-state index contributed by atoms with van der Waals surface area (Å²) in [7, 11) is 0. The van der Waals surface area contributed by atoms with E-state index in [0.29, 0.717) is 29.1 Å². The zero-order valence-corrected chi connectivity index (χ0v) is 15.7. The standard InChI is InChI=1S/C23H22O4/c1-13(2)9-16-11-19(24)27-23-21(16)14(3)10-18-22(23)17(12-20(25)26-18)15-7-5-4-6-8-15/h4-8,10,12-13,16H,9,11H2,1-3H3. The summed E-state index contributed by atoms with van der Waals surface area (Å²) < 4.78 is 11.2. The third kappa shape index (κ3) is 3.16. The fourth-order valence-corrected chi connectivity index (χ4v) is 4.12. The van der Waals surface area contributed by atoms with E-state index >= 15 is 0 Å². The van der Waals surface area contributed by atoms with Crippen molar-refractivity contribution >= 4 is 16.9 Å². The molecule has 1 aliphatic rings. The minimum Gasteiger partial charge on any atom is -0.425 e. The highest BCUT2D eigenvalue weighted by Gasteiger charge is 2.32. The Bertz CT molecular complexity index is 1080. The molecule has 0 N–H and O–H groups in total. The predicted octanol–water partition coefficient (Wildman–Crippen LogP) is 5.21. The molecule has 0 bridgehead atoms. The Morgan fingerprint density at radius 3 is 2.56 bits per heavy atom. The topological polar surface area (TPSA) is 56.5 Å². The van der Waals surface area contributed by atoms with Gasteiger partial charge in [0.2, 0.25) is 0 Å². The number of fused-ring (bicyclic) bond motifs is 3. The fourth-order valence-electron chi connectivity index (χ4n) is 4.12. The summed E-state index contributed by atoms with van der Waals surface area (Å²) in [4.78, 5) is 24.5. The van der Waals surface area contributed by atoms with Crippen molar-refractivity contribution in [2.45, 2.75) is 39.5 Å². The Balaban J connectivity index is 2.07. The van der Waals surface area contributed by atoms with E-state index in [9.17, 15) is 9.59 Å². The number of carbonyl (C=O) groups is 1. The van der Waals surface area contributed by atoms with Crippen LogP contribution >= 0.6 is 0 Å². The van der Waals surface area contributed by atoms with Gasteiger partial charge in [0, 0.05) is 17.2 Å². The first kappa shape index (κ1) is 17.5. The van der Waals surface area contributed by atoms with Gasteiger partial charge in [-0.3, -0.25) is 4.79 Å². The van der Waals surface area contributed by atoms with Gasteiger partial charge in [-0.1, -0.05) is 44.2 Å². The molecule has 4 rings (SSSR count). The minimum absolute atomic E-state index is 0.112. The number of hydrogen-bond donors (Lipinski definition) is 0. The van der Waals surface area contributed by atoms with Crippen LogP contribution < -0.4 is 10.4 Å². The molecular weight excluding hydrogens is 340 g/mol. The fraction of sp³-hybridized carbons (Fsp3) is 0.304. The van der Waals surface area contributed by atoms with Crippen molar-refractivity contribution < 1.29 is 13.9 Å². The number of aryl methyl sites for hydroxylation is 1. The number of rotatable bonds is 3. The highest BCUT2D eigenvalue weighted by Crippen LogP contribution is 2.46. The second-order valence-electron chi connectivity index (χ2n) is 7.66. The molecule has 0 spiro atoms. The van der Waals surface area contributed by atoms with Crippen molar-refractivity contribution in [1.29, 1.82) is 0 Å². The van der Waals surface area contributed by atoms with Crippen LogP contribution in [-0.2, 0) is 4.79 Å². The Morgan fingerprint density at radius 2 is 1.85 bits per heavy atom. The van der Waals surface area contributed by atoms with Gasteiger partial charge in [0.1, 0.15) is 11.3 Å². The lowest BCUT2D eigenvalue weighted by atomic mass is 9.82. The number of carbonyl (C=O) groups excluding carboxylic acids is 1. The number of hydrogen-bond acceptors (Lipinski definition) is 4. The minimum atomic E-state index is -0.415. The van der Waals surface area contributed by atoms with Crippen LogP contribution in [0.2, 0.25) is 0 Å². The molecule has 1 unspecified atom stereocenters. The largest absolute Gasteiger partial charge is 0.425 e. The van der Waals surface area contributed by atoms with E-state index in [1.165, 1.54) is 6.07 Å². The van der Waals surface area contributed by atoms with Crippen LogP contribution in [0, 0.1) is 12.8 Å². The van der Waals surface area contributed by atoms with Crippen LogP contribution in [0.25, 0.3) is 22.1 Å². The second-order valence-corrected chi connectivity index (χ2v) is 7.66. The predicted molar refractivity (Wildman–Crippen MR) is 105 cm³/mol. The van der Waals surface area contributed by atoms with Gasteiger partial charge in [-0.25, -0.2) is 4.79 Å². The Labute approximate surface area is 157 Å². The third-order valence-corrected chi connectivity index (χ3v) is 5.11. The number of benzene rings is 2. The molecule has 138 valence electrons. The normalized spacial score (nSPS) is 16.4. The molecule has 27 heavy (non-hydrogen) atoms. The van der Waals surface area contributed by atoms with Crippen LogP contribution in [0.4, 0.5) is 0 Å². The van der Waals surface area contributed by atoms with Crippen LogP contribution in [0.1, 0.15) is 43.7 Å². The van der Waals surface area contributed by atoms with E-state index in [0.717, 1.165) is 28.7 Å². The summed E-state index contributed by atoms with van der Waals surface area (Å²) in [5, 5.41) is 0.697. The maximum absolute atomic E-state index is 12.4. The lowest BCUT2D eigenvalue weighted by molar-refractivity contribution is -0.135. The first-order valence-corrected chi connectivity index (χ1v) is 9.31. The SMILES string of the molecule is Cc1cc2oc(=O)cc(-c3ccccc3)c2c2c1C(CC(C)C)CC(=O)O2. The van der Waals surface area contributed by atoms with E-state index in [1.807, 2.05) is 43.3 Å². The van der Waals surface area contributed by atoms with E-state index in [-0.39, 0.29) is 11.9 Å². The molecule has 4 nitrogen and oxygen atoms in total. The first-order valence-electron chi connectivity index (χ1n) is 9.31. The molecule has 1 atom stereocenters. The molecule has 2 aromatic carbocycles. The van der Waals surface area contributed by atoms with E-state index in [2.05, 4.69) is 13.8 Å². The molecule has 0 saturated carbocycles. The lowest BCUT2D eigenvalue weighted by Gasteiger charge is -2.28. The summed E-state index contributed by atoms with van der Waals surface area (Å²) in [6.45, 7) is 6.30. The van der Waals surface area contributed by atoms with Gasteiger partial charge in [0.05, 0.1) is 11.8 Å². The van der Waals surface area contributed by atoms with Crippen LogP contribution in [0.15, 0.2) is 51.7 Å². The molecule has 0 fully saturated rings. The molecule has 0 saturated heterocycles. The number of esters is 1. The van der Waals surface area contributed by atoms with Crippen molar-refractivity contribution in [1.82, 2.24) is 0 Å². The maximum atomic E-state index is 12.4. The molecule has 1 aliphatic heterocycles. The number of ether oxygens (including phenoxy) is 1. The molecule has 0 radical (unpaired) electrons. The Hall–Kier alpha value is -2.88. The van der Waals surface area contributed by atoms with Crippen LogP contribution in [0.3, 0.4) is 0 Å². The molecule has 3 aromatic rings. The molecule has 2 heterocycles. The molecule has 4 heteroatoms. The van der Waals surface area contributed by atoms with Crippen molar-refractivity contribution in [3.63, 3.8) is 0 Å². The van der Waals surface area contributed by atoms with Gasteiger partial charge in [-0.15, -0.1) is 0 Å². The quantitative estimate of drug-likeness (QED) is 0.365. The van der Waals surface area contributed by atoms with Gasteiger partial charge in [0.25, 0.3) is 0 Å². The highest BCUT2D eigenvalue weighted by atomic mass is 16.5. The first-order chi connectivity index (χ1) is 12.9. The summed E-state index contributed by atoms with van der Waals surface area (Å²) in [6, 6.07) is 13.0. The van der Waals surface area contributed by atoms with Crippen molar-refractivity contribution in [3.8, 4) is 16.9 Å². The Kier molecular flexibility index (Phi) is 4.34. The van der Waals surface area contributed by atoms with Crippen LogP contribution in [0.5, 0.6) is 5.75 Å². The second kappa shape index (κ2) is 6.69. The van der Waals surface area contributed by atoms with Crippen molar-refractivity contribution in [3.05, 3.63) is 64.0 Å². The molecule has 0 amide bonds. The summed E-state index contributed by atoms with van der Waals surface area (Å²) in [5.41, 5.74) is 3.71. The zero-order valence-electron chi connectivity index (χ0n) is 15.7.